The maximum absolute atomic E-state index is 6.18. The lowest BCUT2D eigenvalue weighted by Gasteiger charge is -2.07. The number of rotatable bonds is 2. The van der Waals surface area contributed by atoms with E-state index >= 15 is 0 Å². The van der Waals surface area contributed by atoms with Gasteiger partial charge in [-0.15, -0.1) is 11.6 Å². The fraction of sp³-hybridized carbons (Fsp3) is 0.333. The molecule has 6 heteroatoms. The van der Waals surface area contributed by atoms with Gasteiger partial charge in [-0.3, -0.25) is 0 Å². The van der Waals surface area contributed by atoms with Crippen LogP contribution in [-0.2, 0) is 6.42 Å². The van der Waals surface area contributed by atoms with E-state index in [1.807, 2.05) is 6.92 Å². The van der Waals surface area contributed by atoms with Crippen LogP contribution in [0.25, 0.3) is 5.65 Å². The summed E-state index contributed by atoms with van der Waals surface area (Å²) in [4.78, 5) is 4.34. The number of halogens is 3. The molecule has 0 fully saturated rings. The van der Waals surface area contributed by atoms with Gasteiger partial charge in [0, 0.05) is 17.1 Å². The first-order valence-corrected chi connectivity index (χ1v) is 5.68. The predicted octanol–water partition coefficient (Wildman–Crippen LogP) is 3.13. The highest BCUT2D eigenvalue weighted by Crippen LogP contribution is 2.24. The Kier molecular flexibility index (Phi) is 3.05. The Hall–Kier alpha value is -0.510. The van der Waals surface area contributed by atoms with E-state index in [4.69, 9.17) is 34.8 Å². The molecule has 0 aliphatic rings. The summed E-state index contributed by atoms with van der Waals surface area (Å²) in [5.41, 5.74) is 2.34. The Morgan fingerprint density at radius 1 is 1.40 bits per heavy atom. The third-order valence-corrected chi connectivity index (χ3v) is 3.03. The van der Waals surface area contributed by atoms with Crippen molar-refractivity contribution in [2.24, 2.45) is 0 Å². The molecule has 2 aromatic heterocycles. The lowest BCUT2D eigenvalue weighted by atomic mass is 10.2. The summed E-state index contributed by atoms with van der Waals surface area (Å²) in [6.07, 6.45) is 2.20. The molecule has 0 amide bonds. The maximum atomic E-state index is 6.18. The summed E-state index contributed by atoms with van der Waals surface area (Å²) in [6, 6.07) is 0. The van der Waals surface area contributed by atoms with Crippen LogP contribution in [0.15, 0.2) is 6.20 Å². The van der Waals surface area contributed by atoms with Gasteiger partial charge < -0.3 is 0 Å². The number of hydrogen-bond acceptors (Lipinski definition) is 2. The first kappa shape index (κ1) is 11.0. The van der Waals surface area contributed by atoms with E-state index in [1.165, 1.54) is 10.7 Å². The molecule has 0 aliphatic carbocycles. The van der Waals surface area contributed by atoms with E-state index in [9.17, 15) is 0 Å². The van der Waals surface area contributed by atoms with E-state index in [-0.39, 0.29) is 0 Å². The van der Waals surface area contributed by atoms with E-state index in [0.29, 0.717) is 28.1 Å². The highest BCUT2D eigenvalue weighted by molar-refractivity contribution is 6.34. The lowest BCUT2D eigenvalue weighted by molar-refractivity contribution is 0.897. The largest absolute Gasteiger partial charge is 0.232 e. The van der Waals surface area contributed by atoms with Crippen LogP contribution in [0.2, 0.25) is 10.2 Å². The third-order valence-electron chi connectivity index (χ3n) is 2.19. The molecule has 2 rings (SSSR count). The molecule has 0 saturated heterocycles. The van der Waals surface area contributed by atoms with Crippen LogP contribution in [0.1, 0.15) is 11.3 Å². The first-order chi connectivity index (χ1) is 7.15. The second-order valence-electron chi connectivity index (χ2n) is 3.13. The molecule has 2 aromatic rings. The van der Waals surface area contributed by atoms with Gasteiger partial charge in [-0.2, -0.15) is 5.10 Å². The standard InChI is InChI=1S/C9H8Cl3N3/c1-5-6(2-3-10)8(12)15-9(14-5)7(11)4-13-15/h4H,2-3H2,1H3. The molecule has 0 atom stereocenters. The van der Waals surface area contributed by atoms with Crippen molar-refractivity contribution in [1.82, 2.24) is 14.6 Å². The summed E-state index contributed by atoms with van der Waals surface area (Å²) >= 11 is 17.8. The average Bonchev–Trinajstić information content (AvgIpc) is 2.55. The van der Waals surface area contributed by atoms with Crippen molar-refractivity contribution < 1.29 is 0 Å². The summed E-state index contributed by atoms with van der Waals surface area (Å²) in [7, 11) is 0. The molecule has 0 bridgehead atoms. The van der Waals surface area contributed by atoms with Crippen molar-refractivity contribution in [3.05, 3.63) is 27.6 Å². The fourth-order valence-electron chi connectivity index (χ4n) is 1.45. The number of aryl methyl sites for hydroxylation is 1. The molecule has 0 spiro atoms. The zero-order valence-electron chi connectivity index (χ0n) is 7.97. The van der Waals surface area contributed by atoms with Crippen molar-refractivity contribution in [2.45, 2.75) is 13.3 Å². The maximum Gasteiger partial charge on any atom is 0.175 e. The number of aromatic nitrogens is 3. The highest BCUT2D eigenvalue weighted by Gasteiger charge is 2.13. The number of hydrogen-bond donors (Lipinski definition) is 0. The van der Waals surface area contributed by atoms with E-state index < -0.39 is 0 Å². The highest BCUT2D eigenvalue weighted by atomic mass is 35.5. The van der Waals surface area contributed by atoms with Gasteiger partial charge in [0.25, 0.3) is 0 Å². The number of fused-ring (bicyclic) bond motifs is 1. The van der Waals surface area contributed by atoms with Crippen molar-refractivity contribution in [3.63, 3.8) is 0 Å². The molecule has 0 unspecified atom stereocenters. The zero-order chi connectivity index (χ0) is 11.0. The number of nitrogens with zero attached hydrogens (tertiary/aromatic N) is 3. The SMILES string of the molecule is Cc1nc2c(Cl)cnn2c(Cl)c1CCCl. The Bertz CT molecular complexity index is 507. The minimum absolute atomic E-state index is 0.498. The Labute approximate surface area is 102 Å². The molecule has 3 nitrogen and oxygen atoms in total. The van der Waals surface area contributed by atoms with Gasteiger partial charge in [0.1, 0.15) is 10.2 Å². The van der Waals surface area contributed by atoms with Crippen molar-refractivity contribution in [1.29, 1.82) is 0 Å². The predicted molar refractivity (Wildman–Crippen MR) is 62.2 cm³/mol. The average molecular weight is 265 g/mol. The minimum atomic E-state index is 0.498. The number of alkyl halides is 1. The first-order valence-electron chi connectivity index (χ1n) is 4.39. The fourth-order valence-corrected chi connectivity index (χ4v) is 2.16. The Morgan fingerprint density at radius 3 is 2.80 bits per heavy atom. The summed E-state index contributed by atoms with van der Waals surface area (Å²) < 4.78 is 1.53. The Balaban J connectivity index is 2.73. The summed E-state index contributed by atoms with van der Waals surface area (Å²) in [5, 5.41) is 5.08. The van der Waals surface area contributed by atoms with Crippen molar-refractivity contribution in [2.75, 3.05) is 5.88 Å². The van der Waals surface area contributed by atoms with Gasteiger partial charge in [0.05, 0.1) is 6.20 Å². The topological polar surface area (TPSA) is 30.2 Å². The molecule has 0 radical (unpaired) electrons. The van der Waals surface area contributed by atoms with Gasteiger partial charge in [0.15, 0.2) is 5.65 Å². The van der Waals surface area contributed by atoms with Crippen LogP contribution in [-0.4, -0.2) is 20.5 Å². The molecule has 0 aliphatic heterocycles. The van der Waals surface area contributed by atoms with Crippen molar-refractivity contribution in [3.8, 4) is 0 Å². The van der Waals surface area contributed by atoms with Crippen LogP contribution in [0.4, 0.5) is 0 Å². The monoisotopic (exact) mass is 263 g/mol. The Morgan fingerprint density at radius 2 is 2.13 bits per heavy atom. The van der Waals surface area contributed by atoms with Crippen LogP contribution in [0, 0.1) is 6.92 Å². The molecular weight excluding hydrogens is 256 g/mol. The summed E-state index contributed by atoms with van der Waals surface area (Å²) in [6.45, 7) is 1.89. The van der Waals surface area contributed by atoms with Crippen LogP contribution in [0.5, 0.6) is 0 Å². The second kappa shape index (κ2) is 4.16. The third kappa shape index (κ3) is 1.80. The van der Waals surface area contributed by atoms with Crippen LogP contribution >= 0.6 is 34.8 Å². The van der Waals surface area contributed by atoms with Crippen LogP contribution in [0.3, 0.4) is 0 Å². The van der Waals surface area contributed by atoms with Crippen molar-refractivity contribution >= 4 is 40.4 Å². The minimum Gasteiger partial charge on any atom is -0.232 e. The molecule has 2 heterocycles. The smallest absolute Gasteiger partial charge is 0.175 e. The molecule has 80 valence electrons. The molecular formula is C9H8Cl3N3. The van der Waals surface area contributed by atoms with Gasteiger partial charge >= 0.3 is 0 Å². The zero-order valence-corrected chi connectivity index (χ0v) is 10.2. The van der Waals surface area contributed by atoms with Gasteiger partial charge in [-0.05, 0) is 13.3 Å². The van der Waals surface area contributed by atoms with Gasteiger partial charge in [-0.25, -0.2) is 9.50 Å². The summed E-state index contributed by atoms with van der Waals surface area (Å²) in [5.74, 6) is 0.503. The normalized spacial score (nSPS) is 11.2. The van der Waals surface area contributed by atoms with E-state index in [2.05, 4.69) is 10.1 Å². The second-order valence-corrected chi connectivity index (χ2v) is 4.28. The van der Waals surface area contributed by atoms with E-state index in [0.717, 1.165) is 11.3 Å². The van der Waals surface area contributed by atoms with Gasteiger partial charge in [0.2, 0.25) is 0 Å². The van der Waals surface area contributed by atoms with E-state index in [1.54, 1.807) is 0 Å². The molecule has 0 aromatic carbocycles. The molecule has 0 saturated carbocycles. The molecule has 15 heavy (non-hydrogen) atoms. The van der Waals surface area contributed by atoms with Gasteiger partial charge in [-0.1, -0.05) is 23.2 Å². The van der Waals surface area contributed by atoms with Crippen LogP contribution < -0.4 is 0 Å². The lowest BCUT2D eigenvalue weighted by Crippen LogP contribution is -2.03. The molecule has 0 N–H and O–H groups in total. The quantitative estimate of drug-likeness (QED) is 0.616.